The Kier molecular flexibility index (Phi) is 5.13. The minimum atomic E-state index is 0.0435. The van der Waals surface area contributed by atoms with Gasteiger partial charge >= 0.3 is 0 Å². The van der Waals surface area contributed by atoms with Gasteiger partial charge in [0.15, 0.2) is 0 Å². The summed E-state index contributed by atoms with van der Waals surface area (Å²) in [5, 5.41) is 3.48. The number of aromatic nitrogens is 1. The van der Waals surface area contributed by atoms with E-state index in [0.29, 0.717) is 12.0 Å². The summed E-state index contributed by atoms with van der Waals surface area (Å²) >= 11 is 0. The van der Waals surface area contributed by atoms with E-state index < -0.39 is 0 Å². The largest absolute Gasteiger partial charge is 0.365 e. The van der Waals surface area contributed by atoms with Crippen molar-refractivity contribution in [3.63, 3.8) is 0 Å². The first kappa shape index (κ1) is 16.1. The lowest BCUT2D eigenvalue weighted by atomic mass is 10.1. The van der Waals surface area contributed by atoms with Crippen LogP contribution in [0.1, 0.15) is 60.3 Å². The highest BCUT2D eigenvalue weighted by molar-refractivity contribution is 5.49. The van der Waals surface area contributed by atoms with Crippen molar-refractivity contribution >= 4 is 11.6 Å². The first-order valence-corrected chi connectivity index (χ1v) is 8.37. The van der Waals surface area contributed by atoms with Crippen LogP contribution >= 0.6 is 0 Å². The number of pyridine rings is 1. The third-order valence-electron chi connectivity index (χ3n) is 3.86. The number of nitrogens with one attached hydrogen (secondary N) is 1. The molecule has 1 aromatic rings. The first-order valence-electron chi connectivity index (χ1n) is 8.37. The maximum absolute atomic E-state index is 4.87. The highest BCUT2D eigenvalue weighted by Gasteiger charge is 2.24. The average molecular weight is 289 g/mol. The third-order valence-corrected chi connectivity index (χ3v) is 3.86. The van der Waals surface area contributed by atoms with E-state index in [1.54, 1.807) is 0 Å². The fraction of sp³-hybridized carbons (Fsp3) is 0.722. The van der Waals surface area contributed by atoms with Crippen molar-refractivity contribution in [2.45, 2.75) is 71.9 Å². The molecule has 1 aliphatic carbocycles. The number of rotatable bonds is 5. The lowest BCUT2D eigenvalue weighted by Gasteiger charge is -2.32. The van der Waals surface area contributed by atoms with Gasteiger partial charge in [-0.15, -0.1) is 0 Å². The molecule has 0 radical (unpaired) electrons. The van der Waals surface area contributed by atoms with E-state index >= 15 is 0 Å². The molecule has 0 aliphatic heterocycles. The van der Waals surface area contributed by atoms with Gasteiger partial charge in [-0.25, -0.2) is 4.98 Å². The van der Waals surface area contributed by atoms with Gasteiger partial charge in [-0.1, -0.05) is 32.8 Å². The highest BCUT2D eigenvalue weighted by Crippen LogP contribution is 2.29. The van der Waals surface area contributed by atoms with Crippen molar-refractivity contribution in [1.29, 1.82) is 0 Å². The molecule has 21 heavy (non-hydrogen) atoms. The monoisotopic (exact) mass is 289 g/mol. The second-order valence-corrected chi connectivity index (χ2v) is 7.74. The number of nitrogens with zero attached hydrogens (tertiary/aromatic N) is 2. The predicted molar refractivity (Wildman–Crippen MR) is 92.1 cm³/mol. The molecular formula is C18H31N3. The van der Waals surface area contributed by atoms with E-state index in [4.69, 9.17) is 4.98 Å². The maximum Gasteiger partial charge on any atom is 0.131 e. The normalized spacial score (nSPS) is 16.5. The van der Waals surface area contributed by atoms with E-state index in [0.717, 1.165) is 18.2 Å². The van der Waals surface area contributed by atoms with Crippen LogP contribution in [0.5, 0.6) is 0 Å². The minimum absolute atomic E-state index is 0.0435. The molecule has 0 bridgehead atoms. The zero-order valence-electron chi connectivity index (χ0n) is 14.3. The SMILES string of the molecule is CC(C)CN(c1cccc(NC(C)(C)C)n1)C1CCCC1. The molecular weight excluding hydrogens is 258 g/mol. The second kappa shape index (κ2) is 6.67. The fourth-order valence-electron chi connectivity index (χ4n) is 3.08. The number of hydrogen-bond donors (Lipinski definition) is 1. The highest BCUT2D eigenvalue weighted by atomic mass is 15.2. The summed E-state index contributed by atoms with van der Waals surface area (Å²) in [5.74, 6) is 2.77. The van der Waals surface area contributed by atoms with Gasteiger partial charge in [0.2, 0.25) is 0 Å². The minimum Gasteiger partial charge on any atom is -0.365 e. The van der Waals surface area contributed by atoms with E-state index in [9.17, 15) is 0 Å². The summed E-state index contributed by atoms with van der Waals surface area (Å²) in [5.41, 5.74) is 0.0435. The quantitative estimate of drug-likeness (QED) is 0.851. The van der Waals surface area contributed by atoms with Crippen LogP contribution < -0.4 is 10.2 Å². The van der Waals surface area contributed by atoms with Gasteiger partial charge in [-0.2, -0.15) is 0 Å². The predicted octanol–water partition coefficient (Wildman–Crippen LogP) is 4.70. The first-order chi connectivity index (χ1) is 9.85. The molecule has 3 nitrogen and oxygen atoms in total. The van der Waals surface area contributed by atoms with Crippen molar-refractivity contribution < 1.29 is 0 Å². The Morgan fingerprint density at radius 2 is 1.90 bits per heavy atom. The van der Waals surface area contributed by atoms with Gasteiger partial charge < -0.3 is 10.2 Å². The molecule has 0 saturated heterocycles. The number of hydrogen-bond acceptors (Lipinski definition) is 3. The van der Waals surface area contributed by atoms with Crippen LogP contribution in [-0.4, -0.2) is 23.1 Å². The molecule has 118 valence electrons. The zero-order valence-corrected chi connectivity index (χ0v) is 14.3. The number of anilines is 2. The van der Waals surface area contributed by atoms with E-state index in [1.807, 2.05) is 0 Å². The van der Waals surface area contributed by atoms with Crippen molar-refractivity contribution in [2.24, 2.45) is 5.92 Å². The molecule has 1 saturated carbocycles. The molecule has 0 amide bonds. The fourth-order valence-corrected chi connectivity index (χ4v) is 3.08. The van der Waals surface area contributed by atoms with Crippen molar-refractivity contribution in [1.82, 2.24) is 4.98 Å². The van der Waals surface area contributed by atoms with Gasteiger partial charge in [0.05, 0.1) is 0 Å². The summed E-state index contributed by atoms with van der Waals surface area (Å²) < 4.78 is 0. The molecule has 1 aromatic heterocycles. The molecule has 1 heterocycles. The molecule has 1 fully saturated rings. The average Bonchev–Trinajstić information content (AvgIpc) is 2.87. The molecule has 3 heteroatoms. The Bertz CT molecular complexity index is 442. The molecule has 0 atom stereocenters. The third kappa shape index (κ3) is 4.90. The van der Waals surface area contributed by atoms with Gasteiger partial charge in [0.25, 0.3) is 0 Å². The Morgan fingerprint density at radius 1 is 1.24 bits per heavy atom. The maximum atomic E-state index is 4.87. The Balaban J connectivity index is 2.20. The van der Waals surface area contributed by atoms with Crippen LogP contribution in [0, 0.1) is 5.92 Å². The van der Waals surface area contributed by atoms with Crippen molar-refractivity contribution in [3.8, 4) is 0 Å². The van der Waals surface area contributed by atoms with Crippen molar-refractivity contribution in [3.05, 3.63) is 18.2 Å². The molecule has 0 unspecified atom stereocenters. The van der Waals surface area contributed by atoms with Crippen LogP contribution in [0.4, 0.5) is 11.6 Å². The second-order valence-electron chi connectivity index (χ2n) is 7.74. The van der Waals surface area contributed by atoms with E-state index in [-0.39, 0.29) is 5.54 Å². The molecule has 2 rings (SSSR count). The van der Waals surface area contributed by atoms with E-state index in [1.165, 1.54) is 25.7 Å². The smallest absolute Gasteiger partial charge is 0.131 e. The lowest BCUT2D eigenvalue weighted by molar-refractivity contribution is 0.531. The van der Waals surface area contributed by atoms with Gasteiger partial charge in [-0.05, 0) is 51.7 Å². The van der Waals surface area contributed by atoms with Crippen LogP contribution in [0.3, 0.4) is 0 Å². The van der Waals surface area contributed by atoms with E-state index in [2.05, 4.69) is 63.0 Å². The van der Waals surface area contributed by atoms with Crippen LogP contribution in [-0.2, 0) is 0 Å². The van der Waals surface area contributed by atoms with Crippen molar-refractivity contribution in [2.75, 3.05) is 16.8 Å². The summed E-state index contributed by atoms with van der Waals surface area (Å²) in [4.78, 5) is 7.40. The van der Waals surface area contributed by atoms with Crippen LogP contribution in [0.25, 0.3) is 0 Å². The molecule has 1 N–H and O–H groups in total. The Hall–Kier alpha value is -1.25. The molecule has 0 spiro atoms. The van der Waals surface area contributed by atoms with Crippen LogP contribution in [0.15, 0.2) is 18.2 Å². The van der Waals surface area contributed by atoms with Gasteiger partial charge in [0.1, 0.15) is 11.6 Å². The van der Waals surface area contributed by atoms with Gasteiger partial charge in [0, 0.05) is 18.1 Å². The molecule has 0 aromatic carbocycles. The van der Waals surface area contributed by atoms with Gasteiger partial charge in [-0.3, -0.25) is 0 Å². The Labute approximate surface area is 130 Å². The Morgan fingerprint density at radius 3 is 2.48 bits per heavy atom. The molecule has 1 aliphatic rings. The zero-order chi connectivity index (χ0) is 15.5. The van der Waals surface area contributed by atoms with Crippen LogP contribution in [0.2, 0.25) is 0 Å². The summed E-state index contributed by atoms with van der Waals surface area (Å²) in [7, 11) is 0. The lowest BCUT2D eigenvalue weighted by Crippen LogP contribution is -2.37. The summed E-state index contributed by atoms with van der Waals surface area (Å²) in [6.07, 6.45) is 5.34. The topological polar surface area (TPSA) is 28.2 Å². The standard InChI is InChI=1S/C18H31N3/c1-14(2)13-21(15-9-6-7-10-15)17-12-8-11-16(19-17)20-18(3,4)5/h8,11-12,14-15H,6-7,9-10,13H2,1-5H3,(H,19,20). The summed E-state index contributed by atoms with van der Waals surface area (Å²) in [6.45, 7) is 12.2. The summed E-state index contributed by atoms with van der Waals surface area (Å²) in [6, 6.07) is 7.02.